The van der Waals surface area contributed by atoms with Gasteiger partial charge < -0.3 is 14.6 Å². The largest absolute Gasteiger partial charge is 0.459 e. The lowest BCUT2D eigenvalue weighted by atomic mass is 9.94. The van der Waals surface area contributed by atoms with Crippen molar-refractivity contribution in [1.29, 1.82) is 0 Å². The van der Waals surface area contributed by atoms with Crippen molar-refractivity contribution < 1.29 is 14.0 Å². The van der Waals surface area contributed by atoms with Gasteiger partial charge in [0.2, 0.25) is 5.91 Å². The maximum Gasteiger partial charge on any atom is 0.289 e. The van der Waals surface area contributed by atoms with Crippen molar-refractivity contribution >= 4 is 11.8 Å². The van der Waals surface area contributed by atoms with Gasteiger partial charge in [0, 0.05) is 25.6 Å². The zero-order valence-electron chi connectivity index (χ0n) is 15.2. The molecule has 5 nitrogen and oxygen atoms in total. The number of benzene rings is 1. The Balaban J connectivity index is 1.55. The Bertz CT molecular complexity index is 712. The maximum atomic E-state index is 12.6. The number of carbonyl (C=O) groups is 2. The fourth-order valence-corrected chi connectivity index (χ4v) is 3.52. The Labute approximate surface area is 154 Å². The highest BCUT2D eigenvalue weighted by atomic mass is 16.3. The van der Waals surface area contributed by atoms with Gasteiger partial charge in [-0.25, -0.2) is 0 Å². The predicted molar refractivity (Wildman–Crippen MR) is 99.8 cm³/mol. The minimum atomic E-state index is -0.157. The molecule has 1 N–H and O–H groups in total. The number of amides is 2. The van der Waals surface area contributed by atoms with Crippen LogP contribution in [0.5, 0.6) is 0 Å². The molecule has 1 aromatic carbocycles. The van der Waals surface area contributed by atoms with Crippen molar-refractivity contribution in [3.63, 3.8) is 0 Å². The quantitative estimate of drug-likeness (QED) is 0.864. The lowest BCUT2D eigenvalue weighted by Crippen LogP contribution is -2.46. The van der Waals surface area contributed by atoms with Crippen LogP contribution in [0.4, 0.5) is 0 Å². The molecule has 2 amide bonds. The first-order valence-electron chi connectivity index (χ1n) is 9.34. The third kappa shape index (κ3) is 4.34. The predicted octanol–water partition coefficient (Wildman–Crippen LogP) is 3.44. The standard InChI is InChI=1S/C21H26N2O3/c1-2-16(17-8-4-3-5-9-17)14-22-20(24)18-10-6-12-23(15-18)21(25)19-11-7-13-26-19/h3-5,7-9,11,13,16,18H,2,6,10,12,14-15H2,1H3,(H,22,24)/t16-,18-/m1/s1. The zero-order valence-corrected chi connectivity index (χ0v) is 15.2. The number of nitrogens with zero attached hydrogens (tertiary/aromatic N) is 1. The second-order valence-electron chi connectivity index (χ2n) is 6.83. The molecule has 1 aliphatic heterocycles. The first-order chi connectivity index (χ1) is 12.7. The van der Waals surface area contributed by atoms with E-state index < -0.39 is 0 Å². The average Bonchev–Trinajstić information content (AvgIpc) is 3.23. The third-order valence-electron chi connectivity index (χ3n) is 5.10. The second kappa shape index (κ2) is 8.70. The Morgan fingerprint density at radius 1 is 1.23 bits per heavy atom. The monoisotopic (exact) mass is 354 g/mol. The first-order valence-corrected chi connectivity index (χ1v) is 9.34. The molecule has 0 saturated carbocycles. The summed E-state index contributed by atoms with van der Waals surface area (Å²) in [6.45, 7) is 3.88. The molecule has 0 unspecified atom stereocenters. The highest BCUT2D eigenvalue weighted by Crippen LogP contribution is 2.21. The molecule has 138 valence electrons. The highest BCUT2D eigenvalue weighted by Gasteiger charge is 2.30. The highest BCUT2D eigenvalue weighted by molar-refractivity contribution is 5.92. The van der Waals surface area contributed by atoms with E-state index in [1.807, 2.05) is 18.2 Å². The van der Waals surface area contributed by atoms with E-state index in [2.05, 4.69) is 24.4 Å². The summed E-state index contributed by atoms with van der Waals surface area (Å²) in [5.41, 5.74) is 1.24. The molecular weight excluding hydrogens is 328 g/mol. The van der Waals surface area contributed by atoms with E-state index in [1.165, 1.54) is 11.8 Å². The van der Waals surface area contributed by atoms with E-state index in [0.717, 1.165) is 19.3 Å². The van der Waals surface area contributed by atoms with Crippen LogP contribution in [0.1, 0.15) is 48.2 Å². The summed E-state index contributed by atoms with van der Waals surface area (Å²) in [7, 11) is 0. The van der Waals surface area contributed by atoms with Crippen LogP contribution in [0, 0.1) is 5.92 Å². The lowest BCUT2D eigenvalue weighted by Gasteiger charge is -2.31. The fourth-order valence-electron chi connectivity index (χ4n) is 3.52. The van der Waals surface area contributed by atoms with E-state index in [-0.39, 0.29) is 17.7 Å². The summed E-state index contributed by atoms with van der Waals surface area (Å²) in [4.78, 5) is 26.8. The topological polar surface area (TPSA) is 62.6 Å². The number of rotatable bonds is 6. The van der Waals surface area contributed by atoms with Crippen LogP contribution < -0.4 is 5.32 Å². The number of hydrogen-bond acceptors (Lipinski definition) is 3. The van der Waals surface area contributed by atoms with Crippen molar-refractivity contribution in [2.24, 2.45) is 5.92 Å². The Hall–Kier alpha value is -2.56. The van der Waals surface area contributed by atoms with Crippen molar-refractivity contribution in [2.45, 2.75) is 32.1 Å². The van der Waals surface area contributed by atoms with Crippen LogP contribution in [0.25, 0.3) is 0 Å². The van der Waals surface area contributed by atoms with E-state index in [0.29, 0.717) is 31.3 Å². The van der Waals surface area contributed by atoms with Gasteiger partial charge in [0.15, 0.2) is 5.76 Å². The molecule has 3 rings (SSSR count). The molecule has 2 heterocycles. The number of piperidine rings is 1. The van der Waals surface area contributed by atoms with Crippen molar-refractivity contribution in [3.8, 4) is 0 Å². The second-order valence-corrected chi connectivity index (χ2v) is 6.83. The Kier molecular flexibility index (Phi) is 6.10. The van der Waals surface area contributed by atoms with Crippen molar-refractivity contribution in [3.05, 3.63) is 60.1 Å². The molecular formula is C21H26N2O3. The smallest absolute Gasteiger partial charge is 0.289 e. The van der Waals surface area contributed by atoms with Gasteiger partial charge in [-0.2, -0.15) is 0 Å². The summed E-state index contributed by atoms with van der Waals surface area (Å²) < 4.78 is 5.19. The number of likely N-dealkylation sites (tertiary alicyclic amines) is 1. The summed E-state index contributed by atoms with van der Waals surface area (Å²) in [5, 5.41) is 3.10. The molecule has 1 saturated heterocycles. The molecule has 26 heavy (non-hydrogen) atoms. The minimum absolute atomic E-state index is 0.0383. The van der Waals surface area contributed by atoms with Crippen LogP contribution in [0.2, 0.25) is 0 Å². The first kappa shape index (κ1) is 18.2. The molecule has 0 bridgehead atoms. The van der Waals surface area contributed by atoms with Crippen LogP contribution in [-0.2, 0) is 4.79 Å². The number of hydrogen-bond donors (Lipinski definition) is 1. The van der Waals surface area contributed by atoms with E-state index in [9.17, 15) is 9.59 Å². The van der Waals surface area contributed by atoms with Crippen LogP contribution >= 0.6 is 0 Å². The van der Waals surface area contributed by atoms with Gasteiger partial charge in [-0.05, 0) is 37.0 Å². The molecule has 5 heteroatoms. The summed E-state index contributed by atoms with van der Waals surface area (Å²) in [6, 6.07) is 13.6. The number of furan rings is 1. The van der Waals surface area contributed by atoms with Gasteiger partial charge in [-0.3, -0.25) is 9.59 Å². The fraction of sp³-hybridized carbons (Fsp3) is 0.429. The Morgan fingerprint density at radius 3 is 2.73 bits per heavy atom. The Morgan fingerprint density at radius 2 is 2.04 bits per heavy atom. The third-order valence-corrected chi connectivity index (χ3v) is 5.10. The van der Waals surface area contributed by atoms with Gasteiger partial charge in [-0.1, -0.05) is 37.3 Å². The zero-order chi connectivity index (χ0) is 18.4. The SMILES string of the molecule is CC[C@H](CNC(=O)[C@@H]1CCCN(C(=O)c2ccco2)C1)c1ccccc1. The average molecular weight is 354 g/mol. The maximum absolute atomic E-state index is 12.6. The van der Waals surface area contributed by atoms with Gasteiger partial charge in [0.05, 0.1) is 12.2 Å². The van der Waals surface area contributed by atoms with E-state index >= 15 is 0 Å². The normalized spacial score (nSPS) is 18.3. The summed E-state index contributed by atoms with van der Waals surface area (Å²) in [6.07, 6.45) is 4.12. The molecule has 1 fully saturated rings. The van der Waals surface area contributed by atoms with E-state index in [4.69, 9.17) is 4.42 Å². The van der Waals surface area contributed by atoms with Gasteiger partial charge in [0.1, 0.15) is 0 Å². The van der Waals surface area contributed by atoms with Gasteiger partial charge in [0.25, 0.3) is 5.91 Å². The molecule has 0 spiro atoms. The van der Waals surface area contributed by atoms with Gasteiger partial charge in [-0.15, -0.1) is 0 Å². The van der Waals surface area contributed by atoms with Crippen LogP contribution in [0.3, 0.4) is 0 Å². The van der Waals surface area contributed by atoms with Crippen molar-refractivity contribution in [2.75, 3.05) is 19.6 Å². The molecule has 1 aliphatic rings. The minimum Gasteiger partial charge on any atom is -0.459 e. The van der Waals surface area contributed by atoms with Crippen molar-refractivity contribution in [1.82, 2.24) is 10.2 Å². The summed E-state index contributed by atoms with van der Waals surface area (Å²) in [5.74, 6) is 0.390. The summed E-state index contributed by atoms with van der Waals surface area (Å²) >= 11 is 0. The molecule has 1 aromatic heterocycles. The number of nitrogens with one attached hydrogen (secondary N) is 1. The molecule has 2 aromatic rings. The number of carbonyl (C=O) groups excluding carboxylic acids is 2. The van der Waals surface area contributed by atoms with E-state index in [1.54, 1.807) is 17.0 Å². The molecule has 0 radical (unpaired) electrons. The van der Waals surface area contributed by atoms with Crippen LogP contribution in [-0.4, -0.2) is 36.3 Å². The molecule has 2 atom stereocenters. The van der Waals surface area contributed by atoms with Gasteiger partial charge >= 0.3 is 0 Å². The van der Waals surface area contributed by atoms with Crippen LogP contribution in [0.15, 0.2) is 53.1 Å². The lowest BCUT2D eigenvalue weighted by molar-refractivity contribution is -0.126. The molecule has 0 aliphatic carbocycles.